The minimum Gasteiger partial charge on any atom is -0.303 e. The predicted molar refractivity (Wildman–Crippen MR) is 137 cm³/mol. The van der Waals surface area contributed by atoms with E-state index in [4.69, 9.17) is 0 Å². The molecular formula is C27H56N2. The molecule has 1 aromatic carbocycles. The summed E-state index contributed by atoms with van der Waals surface area (Å²) in [6.45, 7) is 30.1. The third-order valence-corrected chi connectivity index (χ3v) is 4.05. The van der Waals surface area contributed by atoms with Crippen molar-refractivity contribution in [1.29, 1.82) is 0 Å². The van der Waals surface area contributed by atoms with E-state index < -0.39 is 0 Å². The summed E-state index contributed by atoms with van der Waals surface area (Å²) < 4.78 is 0. The maximum atomic E-state index is 2.52. The molecule has 0 bridgehead atoms. The largest absolute Gasteiger partial charge is 0.303 e. The van der Waals surface area contributed by atoms with E-state index in [1.807, 2.05) is 36.4 Å². The Hall–Kier alpha value is -0.860. The molecule has 0 spiro atoms. The molecule has 0 heterocycles. The van der Waals surface area contributed by atoms with E-state index in [-0.39, 0.29) is 7.43 Å². The Labute approximate surface area is 186 Å². The molecule has 0 aliphatic heterocycles. The van der Waals surface area contributed by atoms with Crippen molar-refractivity contribution in [2.24, 2.45) is 23.7 Å². The zero-order chi connectivity index (χ0) is 21.9. The monoisotopic (exact) mass is 408 g/mol. The molecule has 1 aromatic rings. The van der Waals surface area contributed by atoms with Gasteiger partial charge in [-0.1, -0.05) is 113 Å². The predicted octanol–water partition coefficient (Wildman–Crippen LogP) is 7.56. The molecule has 174 valence electrons. The summed E-state index contributed by atoms with van der Waals surface area (Å²) in [5, 5.41) is 0. The first-order valence-corrected chi connectivity index (χ1v) is 11.6. The second kappa shape index (κ2) is 21.8. The molecule has 0 atom stereocenters. The highest BCUT2D eigenvalue weighted by molar-refractivity contribution is 4.99. The molecule has 1 rings (SSSR count). The van der Waals surface area contributed by atoms with Crippen LogP contribution in [0.15, 0.2) is 36.4 Å². The van der Waals surface area contributed by atoms with Crippen LogP contribution in [-0.2, 0) is 0 Å². The van der Waals surface area contributed by atoms with Gasteiger partial charge in [0, 0.05) is 26.2 Å². The van der Waals surface area contributed by atoms with Crippen molar-refractivity contribution >= 4 is 0 Å². The number of hydrogen-bond donors (Lipinski definition) is 0. The van der Waals surface area contributed by atoms with E-state index >= 15 is 0 Å². The number of hydrogen-bond acceptors (Lipinski definition) is 2. The average molecular weight is 409 g/mol. The maximum absolute atomic E-state index is 2.52. The van der Waals surface area contributed by atoms with Gasteiger partial charge in [-0.15, -0.1) is 0 Å². The summed E-state index contributed by atoms with van der Waals surface area (Å²) in [6.07, 6.45) is 0. The van der Waals surface area contributed by atoms with Crippen LogP contribution in [0.1, 0.15) is 76.7 Å². The second-order valence-electron chi connectivity index (χ2n) is 9.43. The minimum absolute atomic E-state index is 0. The van der Waals surface area contributed by atoms with Gasteiger partial charge >= 0.3 is 0 Å². The van der Waals surface area contributed by atoms with Crippen molar-refractivity contribution in [1.82, 2.24) is 9.80 Å². The Morgan fingerprint density at radius 1 is 0.448 bits per heavy atom. The molecule has 2 nitrogen and oxygen atoms in total. The highest BCUT2D eigenvalue weighted by Crippen LogP contribution is 2.03. The molecule has 0 saturated carbocycles. The van der Waals surface area contributed by atoms with Crippen molar-refractivity contribution in [3.63, 3.8) is 0 Å². The standard InChI is InChI=1S/2C10H23N.C6H6.CH4/c2*1-6-11(7-9(2)3)8-10(4)5;1-2-4-6-5-3-1;/h2*9-10H,6-8H2,1-5H3;1-6H;1H4. The number of nitrogens with zero attached hydrogens (tertiary/aromatic N) is 2. The highest BCUT2D eigenvalue weighted by atomic mass is 15.1. The summed E-state index contributed by atoms with van der Waals surface area (Å²) in [4.78, 5) is 5.05. The smallest absolute Gasteiger partial charge is 0.000438 e. The van der Waals surface area contributed by atoms with Gasteiger partial charge in [0.15, 0.2) is 0 Å². The van der Waals surface area contributed by atoms with E-state index in [9.17, 15) is 0 Å². The quantitative estimate of drug-likeness (QED) is 0.394. The van der Waals surface area contributed by atoms with E-state index in [0.717, 1.165) is 23.7 Å². The lowest BCUT2D eigenvalue weighted by molar-refractivity contribution is 0.230. The van der Waals surface area contributed by atoms with E-state index in [1.165, 1.54) is 39.3 Å². The van der Waals surface area contributed by atoms with Crippen LogP contribution in [0, 0.1) is 23.7 Å². The molecule has 0 aliphatic carbocycles. The first kappa shape index (κ1) is 32.8. The average Bonchev–Trinajstić information content (AvgIpc) is 2.61. The fourth-order valence-electron chi connectivity index (χ4n) is 3.12. The molecule has 0 saturated heterocycles. The Morgan fingerprint density at radius 2 is 0.621 bits per heavy atom. The van der Waals surface area contributed by atoms with Crippen molar-refractivity contribution in [3.05, 3.63) is 36.4 Å². The molecule has 0 N–H and O–H groups in total. The van der Waals surface area contributed by atoms with Crippen LogP contribution in [0.2, 0.25) is 0 Å². The third kappa shape index (κ3) is 27.1. The molecule has 0 fully saturated rings. The molecule has 0 radical (unpaired) electrons. The summed E-state index contributed by atoms with van der Waals surface area (Å²) >= 11 is 0. The SMILES string of the molecule is C.CCN(CC(C)C)CC(C)C.CCN(CC(C)C)CC(C)C.c1ccccc1. The van der Waals surface area contributed by atoms with Crippen LogP contribution in [0.3, 0.4) is 0 Å². The molecular weight excluding hydrogens is 352 g/mol. The zero-order valence-electron chi connectivity index (χ0n) is 20.9. The Balaban J connectivity index is -0.000000357. The summed E-state index contributed by atoms with van der Waals surface area (Å²) in [7, 11) is 0. The fraction of sp³-hybridized carbons (Fsp3) is 0.778. The molecule has 0 unspecified atom stereocenters. The zero-order valence-corrected chi connectivity index (χ0v) is 20.9. The number of rotatable bonds is 10. The van der Waals surface area contributed by atoms with Crippen LogP contribution < -0.4 is 0 Å². The van der Waals surface area contributed by atoms with Gasteiger partial charge in [0.05, 0.1) is 0 Å². The van der Waals surface area contributed by atoms with E-state index in [2.05, 4.69) is 79.0 Å². The van der Waals surface area contributed by atoms with Crippen LogP contribution in [0.4, 0.5) is 0 Å². The minimum atomic E-state index is 0. The van der Waals surface area contributed by atoms with Crippen LogP contribution in [0.5, 0.6) is 0 Å². The van der Waals surface area contributed by atoms with E-state index in [1.54, 1.807) is 0 Å². The van der Waals surface area contributed by atoms with Crippen LogP contribution in [-0.4, -0.2) is 49.1 Å². The van der Waals surface area contributed by atoms with Crippen molar-refractivity contribution in [2.75, 3.05) is 39.3 Å². The third-order valence-electron chi connectivity index (χ3n) is 4.05. The second-order valence-corrected chi connectivity index (χ2v) is 9.43. The Morgan fingerprint density at radius 3 is 0.724 bits per heavy atom. The molecule has 0 amide bonds. The molecule has 29 heavy (non-hydrogen) atoms. The van der Waals surface area contributed by atoms with Crippen molar-refractivity contribution < 1.29 is 0 Å². The van der Waals surface area contributed by atoms with Crippen molar-refractivity contribution in [3.8, 4) is 0 Å². The van der Waals surface area contributed by atoms with Gasteiger partial charge in [0.1, 0.15) is 0 Å². The molecule has 2 heteroatoms. The Bertz CT molecular complexity index is 328. The fourth-order valence-corrected chi connectivity index (χ4v) is 3.12. The lowest BCUT2D eigenvalue weighted by Gasteiger charge is -2.24. The summed E-state index contributed by atoms with van der Waals surface area (Å²) in [5.74, 6) is 3.20. The summed E-state index contributed by atoms with van der Waals surface area (Å²) in [5.41, 5.74) is 0. The normalized spacial score (nSPS) is 10.8. The Kier molecular flexibility index (Phi) is 24.7. The van der Waals surface area contributed by atoms with Gasteiger partial charge in [-0.3, -0.25) is 0 Å². The maximum Gasteiger partial charge on any atom is 0.000438 e. The van der Waals surface area contributed by atoms with Gasteiger partial charge in [-0.2, -0.15) is 0 Å². The van der Waals surface area contributed by atoms with Crippen LogP contribution in [0.25, 0.3) is 0 Å². The highest BCUT2D eigenvalue weighted by Gasteiger charge is 2.06. The van der Waals surface area contributed by atoms with Crippen molar-refractivity contribution in [2.45, 2.75) is 76.7 Å². The van der Waals surface area contributed by atoms with Gasteiger partial charge < -0.3 is 9.80 Å². The number of benzene rings is 1. The topological polar surface area (TPSA) is 6.48 Å². The van der Waals surface area contributed by atoms with Gasteiger partial charge in [-0.05, 0) is 36.8 Å². The van der Waals surface area contributed by atoms with Gasteiger partial charge in [-0.25, -0.2) is 0 Å². The summed E-state index contributed by atoms with van der Waals surface area (Å²) in [6, 6.07) is 12.0. The lowest BCUT2D eigenvalue weighted by atomic mass is 10.1. The van der Waals surface area contributed by atoms with Gasteiger partial charge in [0.25, 0.3) is 0 Å². The molecule has 0 aromatic heterocycles. The first-order chi connectivity index (χ1) is 13.1. The first-order valence-electron chi connectivity index (χ1n) is 11.6. The van der Waals surface area contributed by atoms with Gasteiger partial charge in [0.2, 0.25) is 0 Å². The van der Waals surface area contributed by atoms with E-state index in [0.29, 0.717) is 0 Å². The lowest BCUT2D eigenvalue weighted by Crippen LogP contribution is -2.30. The molecule has 0 aliphatic rings. The van der Waals surface area contributed by atoms with Crippen LogP contribution >= 0.6 is 0 Å².